The summed E-state index contributed by atoms with van der Waals surface area (Å²) in [4.78, 5) is 15.2. The van der Waals surface area contributed by atoms with Crippen molar-refractivity contribution in [1.29, 1.82) is 0 Å². The van der Waals surface area contributed by atoms with E-state index >= 15 is 0 Å². The quantitative estimate of drug-likeness (QED) is 0.846. The van der Waals surface area contributed by atoms with Crippen molar-refractivity contribution in [3.63, 3.8) is 0 Å². The first-order chi connectivity index (χ1) is 12.2. The molecule has 1 aromatic heterocycles. The zero-order chi connectivity index (χ0) is 17.0. The molecule has 2 N–H and O–H groups in total. The van der Waals surface area contributed by atoms with Crippen LogP contribution >= 0.6 is 12.4 Å². The van der Waals surface area contributed by atoms with Gasteiger partial charge in [-0.2, -0.15) is 5.10 Å². The number of carbonyl (C=O) groups is 1. The van der Waals surface area contributed by atoms with Crippen molar-refractivity contribution < 1.29 is 9.18 Å². The first-order valence-corrected chi connectivity index (χ1v) is 9.05. The van der Waals surface area contributed by atoms with Gasteiger partial charge in [-0.05, 0) is 42.9 Å². The van der Waals surface area contributed by atoms with Crippen molar-refractivity contribution in [3.8, 4) is 0 Å². The van der Waals surface area contributed by atoms with Gasteiger partial charge in [-0.15, -0.1) is 12.4 Å². The number of rotatable bonds is 2. The number of benzene rings is 1. The van der Waals surface area contributed by atoms with Gasteiger partial charge in [0.05, 0.1) is 6.04 Å². The highest BCUT2D eigenvalue weighted by molar-refractivity contribution is 5.94. The number of carbonyl (C=O) groups excluding carboxylic acids is 1. The van der Waals surface area contributed by atoms with E-state index in [9.17, 15) is 9.18 Å². The summed E-state index contributed by atoms with van der Waals surface area (Å²) in [5.74, 6) is 0.491. The van der Waals surface area contributed by atoms with Gasteiger partial charge in [0, 0.05) is 36.8 Å². The Labute approximate surface area is 157 Å². The average Bonchev–Trinajstić information content (AvgIpc) is 3.33. The smallest absolute Gasteiger partial charge is 0.275 e. The normalized spacial score (nSPS) is 26.5. The second-order valence-corrected chi connectivity index (χ2v) is 7.42. The van der Waals surface area contributed by atoms with Crippen molar-refractivity contribution in [3.05, 3.63) is 52.6 Å². The van der Waals surface area contributed by atoms with Crippen LogP contribution in [0.15, 0.2) is 24.3 Å². The zero-order valence-corrected chi connectivity index (χ0v) is 15.2. The number of aryl methyl sites for hydroxylation is 1. The molecule has 1 amide bonds. The largest absolute Gasteiger partial charge is 0.330 e. The van der Waals surface area contributed by atoms with Crippen LogP contribution in [0.1, 0.15) is 39.8 Å². The monoisotopic (exact) mass is 376 g/mol. The van der Waals surface area contributed by atoms with Crippen molar-refractivity contribution in [2.45, 2.75) is 25.3 Å². The summed E-state index contributed by atoms with van der Waals surface area (Å²) in [5.41, 5.74) is 3.64. The Morgan fingerprint density at radius 3 is 3.00 bits per heavy atom. The number of H-pyrrole nitrogens is 1. The Hall–Kier alpha value is -1.92. The highest BCUT2D eigenvalue weighted by atomic mass is 35.5. The van der Waals surface area contributed by atoms with Crippen molar-refractivity contribution in [1.82, 2.24) is 20.4 Å². The Morgan fingerprint density at radius 2 is 2.15 bits per heavy atom. The first kappa shape index (κ1) is 17.5. The van der Waals surface area contributed by atoms with Crippen LogP contribution in [-0.4, -0.2) is 40.6 Å². The van der Waals surface area contributed by atoms with E-state index in [-0.39, 0.29) is 30.2 Å². The first-order valence-electron chi connectivity index (χ1n) is 9.05. The maximum absolute atomic E-state index is 13.8. The standard InChI is InChI=1S/C19H21FN4O.ClH/c20-13-4-1-3-11(7-13)18-15-9-21-8-12(15)10-24(18)19(25)17-14-5-2-6-16(14)22-23-17;/h1,3-4,7,12,15,18,21H,2,5-6,8-10H2,(H,22,23);1H/t12-,15-,18-;/m0./s1. The van der Waals surface area contributed by atoms with Gasteiger partial charge in [0.15, 0.2) is 5.69 Å². The van der Waals surface area contributed by atoms with Gasteiger partial charge in [0.25, 0.3) is 5.91 Å². The van der Waals surface area contributed by atoms with E-state index in [2.05, 4.69) is 15.5 Å². The summed E-state index contributed by atoms with van der Waals surface area (Å²) in [6.07, 6.45) is 2.96. The molecule has 2 saturated heterocycles. The van der Waals surface area contributed by atoms with Gasteiger partial charge in [0.2, 0.25) is 0 Å². The maximum Gasteiger partial charge on any atom is 0.275 e. The van der Waals surface area contributed by atoms with E-state index in [0.717, 1.165) is 49.2 Å². The number of likely N-dealkylation sites (tertiary alicyclic amines) is 1. The summed E-state index contributed by atoms with van der Waals surface area (Å²) in [5, 5.41) is 10.8. The third-order valence-corrected chi connectivity index (χ3v) is 6.02. The summed E-state index contributed by atoms with van der Waals surface area (Å²) >= 11 is 0. The van der Waals surface area contributed by atoms with E-state index in [1.54, 1.807) is 12.1 Å². The molecule has 5 rings (SSSR count). The van der Waals surface area contributed by atoms with E-state index < -0.39 is 0 Å². The Morgan fingerprint density at radius 1 is 1.27 bits per heavy atom. The van der Waals surface area contributed by atoms with Crippen LogP contribution in [0.5, 0.6) is 0 Å². The van der Waals surface area contributed by atoms with E-state index in [0.29, 0.717) is 24.1 Å². The fourth-order valence-corrected chi connectivity index (χ4v) is 4.88. The van der Waals surface area contributed by atoms with E-state index in [1.165, 1.54) is 6.07 Å². The molecule has 0 unspecified atom stereocenters. The minimum absolute atomic E-state index is 0. The van der Waals surface area contributed by atoms with Crippen LogP contribution in [0.2, 0.25) is 0 Å². The molecule has 3 atom stereocenters. The summed E-state index contributed by atoms with van der Waals surface area (Å²) < 4.78 is 13.8. The van der Waals surface area contributed by atoms with Gasteiger partial charge in [-0.25, -0.2) is 4.39 Å². The van der Waals surface area contributed by atoms with Gasteiger partial charge in [-0.3, -0.25) is 9.89 Å². The highest BCUT2D eigenvalue weighted by Crippen LogP contribution is 2.43. The highest BCUT2D eigenvalue weighted by Gasteiger charge is 2.47. The minimum atomic E-state index is -0.250. The minimum Gasteiger partial charge on any atom is -0.330 e. The van der Waals surface area contributed by atoms with Crippen molar-refractivity contribution >= 4 is 18.3 Å². The van der Waals surface area contributed by atoms with Gasteiger partial charge in [0.1, 0.15) is 5.82 Å². The second kappa shape index (κ2) is 6.67. The maximum atomic E-state index is 13.8. The molecule has 0 radical (unpaired) electrons. The number of nitrogens with zero attached hydrogens (tertiary/aromatic N) is 2. The number of hydrogen-bond acceptors (Lipinski definition) is 3. The average molecular weight is 377 g/mol. The van der Waals surface area contributed by atoms with Crippen LogP contribution in [0, 0.1) is 17.7 Å². The Balaban J connectivity index is 0.00000168. The van der Waals surface area contributed by atoms with Crippen LogP contribution in [0.4, 0.5) is 4.39 Å². The van der Waals surface area contributed by atoms with Crippen molar-refractivity contribution in [2.75, 3.05) is 19.6 Å². The van der Waals surface area contributed by atoms with Gasteiger partial charge >= 0.3 is 0 Å². The van der Waals surface area contributed by atoms with Crippen LogP contribution < -0.4 is 5.32 Å². The molecule has 2 aromatic rings. The molecule has 3 heterocycles. The number of halogens is 2. The third-order valence-electron chi connectivity index (χ3n) is 6.02. The molecule has 26 heavy (non-hydrogen) atoms. The van der Waals surface area contributed by atoms with E-state index in [4.69, 9.17) is 0 Å². The predicted octanol–water partition coefficient (Wildman–Crippen LogP) is 2.49. The molecule has 2 aliphatic heterocycles. The summed E-state index contributed by atoms with van der Waals surface area (Å²) in [6, 6.07) is 6.60. The molecule has 1 aromatic carbocycles. The molecule has 0 saturated carbocycles. The third kappa shape index (κ3) is 2.63. The number of hydrogen-bond donors (Lipinski definition) is 2. The number of fused-ring (bicyclic) bond motifs is 2. The van der Waals surface area contributed by atoms with Crippen LogP contribution in [0.3, 0.4) is 0 Å². The lowest BCUT2D eigenvalue weighted by Crippen LogP contribution is -2.35. The van der Waals surface area contributed by atoms with Crippen molar-refractivity contribution in [2.24, 2.45) is 11.8 Å². The molecule has 1 aliphatic carbocycles. The molecule has 2 fully saturated rings. The number of nitrogens with one attached hydrogen (secondary N) is 2. The fraction of sp³-hybridized carbons (Fsp3) is 0.474. The molecule has 7 heteroatoms. The van der Waals surface area contributed by atoms with E-state index in [1.807, 2.05) is 11.0 Å². The van der Waals surface area contributed by atoms with Crippen LogP contribution in [0.25, 0.3) is 0 Å². The van der Waals surface area contributed by atoms with Gasteiger partial charge < -0.3 is 10.2 Å². The lowest BCUT2D eigenvalue weighted by molar-refractivity contribution is 0.0706. The van der Waals surface area contributed by atoms with Crippen LogP contribution in [-0.2, 0) is 12.8 Å². The topological polar surface area (TPSA) is 61.0 Å². The summed E-state index contributed by atoms with van der Waals surface area (Å²) in [6.45, 7) is 2.49. The lowest BCUT2D eigenvalue weighted by Gasteiger charge is -2.28. The molecule has 3 aliphatic rings. The molecule has 138 valence electrons. The molecule has 5 nitrogen and oxygen atoms in total. The Kier molecular flexibility index (Phi) is 4.49. The Bertz CT molecular complexity index is 839. The molecular formula is C19H22ClFN4O. The zero-order valence-electron chi connectivity index (χ0n) is 14.4. The molecule has 0 bridgehead atoms. The molecule has 0 spiro atoms. The number of aromatic nitrogens is 2. The lowest BCUT2D eigenvalue weighted by atomic mass is 9.89. The van der Waals surface area contributed by atoms with Gasteiger partial charge in [-0.1, -0.05) is 12.1 Å². The summed E-state index contributed by atoms with van der Waals surface area (Å²) in [7, 11) is 0. The number of aromatic amines is 1. The SMILES string of the molecule is Cl.O=C(c1n[nH]c2c1CCC2)N1C[C@@H]2CNC[C@@H]2[C@@H]1c1cccc(F)c1. The second-order valence-electron chi connectivity index (χ2n) is 7.42. The number of amides is 1. The molecular weight excluding hydrogens is 355 g/mol. The predicted molar refractivity (Wildman–Crippen MR) is 97.9 cm³/mol. The fourth-order valence-electron chi connectivity index (χ4n) is 4.88.